The second kappa shape index (κ2) is 10.4. The van der Waals surface area contributed by atoms with Crippen LogP contribution in [0.2, 0.25) is 0 Å². The second-order valence-electron chi connectivity index (χ2n) is 6.88. The first-order chi connectivity index (χ1) is 15.5. The molecule has 0 atom stereocenters. The van der Waals surface area contributed by atoms with E-state index in [1.54, 1.807) is 39.5 Å². The van der Waals surface area contributed by atoms with Gasteiger partial charge in [-0.2, -0.15) is 0 Å². The number of aromatic nitrogens is 3. The smallest absolute Gasteiger partial charge is 0.203 e. The molecule has 2 aromatic heterocycles. The van der Waals surface area contributed by atoms with E-state index in [4.69, 9.17) is 24.2 Å². The highest BCUT2D eigenvalue weighted by molar-refractivity contribution is 7.98. The van der Waals surface area contributed by atoms with E-state index < -0.39 is 0 Å². The maximum atomic E-state index is 5.47. The molecule has 0 spiro atoms. The van der Waals surface area contributed by atoms with Crippen LogP contribution in [-0.4, -0.2) is 35.3 Å². The van der Waals surface area contributed by atoms with Crippen molar-refractivity contribution >= 4 is 23.1 Å². The van der Waals surface area contributed by atoms with E-state index in [1.807, 2.05) is 32.9 Å². The molecule has 4 rings (SSSR count). The summed E-state index contributed by atoms with van der Waals surface area (Å²) in [5, 5.41) is 0. The van der Waals surface area contributed by atoms with Gasteiger partial charge in [0.15, 0.2) is 17.1 Å². The van der Waals surface area contributed by atoms with Crippen LogP contribution >= 0.6 is 11.9 Å². The molecular weight excluding hydrogens is 422 g/mol. The Morgan fingerprint density at radius 1 is 0.875 bits per heavy atom. The van der Waals surface area contributed by atoms with Gasteiger partial charge in [0.05, 0.1) is 33.2 Å². The summed E-state index contributed by atoms with van der Waals surface area (Å²) >= 11 is 1.62. The molecule has 0 saturated heterocycles. The lowest BCUT2D eigenvalue weighted by Gasteiger charge is -2.14. The fourth-order valence-electron chi connectivity index (χ4n) is 3.26. The lowest BCUT2D eigenvalue weighted by Crippen LogP contribution is -1.97. The molecule has 2 heterocycles. The molecule has 32 heavy (non-hydrogen) atoms. The predicted molar refractivity (Wildman–Crippen MR) is 131 cm³/mol. The second-order valence-corrected chi connectivity index (χ2v) is 7.93. The normalized spacial score (nSPS) is 10.5. The van der Waals surface area contributed by atoms with E-state index in [1.165, 1.54) is 5.56 Å². The van der Waals surface area contributed by atoms with Crippen LogP contribution in [0.15, 0.2) is 53.7 Å². The van der Waals surface area contributed by atoms with Crippen molar-refractivity contribution in [2.75, 3.05) is 21.3 Å². The van der Waals surface area contributed by atoms with E-state index >= 15 is 0 Å². The molecule has 0 aliphatic carbocycles. The molecule has 0 radical (unpaired) electrons. The van der Waals surface area contributed by atoms with Crippen LogP contribution in [-0.2, 0) is 0 Å². The van der Waals surface area contributed by atoms with Gasteiger partial charge in [0.1, 0.15) is 5.52 Å². The van der Waals surface area contributed by atoms with Crippen molar-refractivity contribution in [3.05, 3.63) is 59.9 Å². The largest absolute Gasteiger partial charge is 0.493 e. The number of benzene rings is 2. The van der Waals surface area contributed by atoms with Crippen molar-refractivity contribution in [2.24, 2.45) is 0 Å². The highest BCUT2D eigenvalue weighted by Gasteiger charge is 2.17. The highest BCUT2D eigenvalue weighted by atomic mass is 32.2. The molecular formula is C25H29N3O3S. The summed E-state index contributed by atoms with van der Waals surface area (Å²) in [4.78, 5) is 10.7. The van der Waals surface area contributed by atoms with Crippen LogP contribution in [0.4, 0.5) is 0 Å². The summed E-state index contributed by atoms with van der Waals surface area (Å²) in [6.07, 6.45) is 3.84. The molecule has 0 unspecified atom stereocenters. The third-order valence-corrected chi connectivity index (χ3v) is 5.79. The Morgan fingerprint density at radius 3 is 2.06 bits per heavy atom. The van der Waals surface area contributed by atoms with Crippen molar-refractivity contribution in [3.63, 3.8) is 0 Å². The zero-order valence-corrected chi connectivity index (χ0v) is 20.4. The number of fused-ring (bicyclic) bond motifs is 1. The SMILES string of the molecule is CC.COc1cc(-c2cnc3c(n2)c(C)cn3Sc2ccc(C)cc2)cc(OC)c1OC. The van der Waals surface area contributed by atoms with E-state index in [2.05, 4.69) is 41.4 Å². The first-order valence-electron chi connectivity index (χ1n) is 10.4. The number of nitrogens with zero attached hydrogens (tertiary/aromatic N) is 3. The lowest BCUT2D eigenvalue weighted by atomic mass is 10.1. The quantitative estimate of drug-likeness (QED) is 0.342. The van der Waals surface area contributed by atoms with Crippen LogP contribution < -0.4 is 14.2 Å². The molecule has 4 aromatic rings. The molecule has 6 nitrogen and oxygen atoms in total. The summed E-state index contributed by atoms with van der Waals surface area (Å²) in [6.45, 7) is 8.13. The average molecular weight is 452 g/mol. The first-order valence-corrected chi connectivity index (χ1v) is 11.2. The Balaban J connectivity index is 0.00000141. The monoisotopic (exact) mass is 451 g/mol. The van der Waals surface area contributed by atoms with Gasteiger partial charge in [-0.3, -0.25) is 3.97 Å². The van der Waals surface area contributed by atoms with Crippen molar-refractivity contribution in [1.29, 1.82) is 0 Å². The zero-order valence-electron chi connectivity index (χ0n) is 19.6. The molecule has 0 aliphatic heterocycles. The van der Waals surface area contributed by atoms with Crippen molar-refractivity contribution in [1.82, 2.24) is 13.9 Å². The summed E-state index contributed by atoms with van der Waals surface area (Å²) in [5.41, 5.74) is 5.57. The van der Waals surface area contributed by atoms with Gasteiger partial charge in [-0.05, 0) is 55.6 Å². The summed E-state index contributed by atoms with van der Waals surface area (Å²) in [7, 11) is 4.79. The van der Waals surface area contributed by atoms with E-state index in [0.717, 1.165) is 32.9 Å². The van der Waals surface area contributed by atoms with Gasteiger partial charge in [-0.15, -0.1) is 0 Å². The average Bonchev–Trinajstić information content (AvgIpc) is 3.15. The topological polar surface area (TPSA) is 58.4 Å². The maximum Gasteiger partial charge on any atom is 0.203 e. The minimum Gasteiger partial charge on any atom is -0.493 e. The van der Waals surface area contributed by atoms with Crippen LogP contribution in [0, 0.1) is 13.8 Å². The minimum absolute atomic E-state index is 0.551. The Labute approximate surface area is 193 Å². The number of hydrogen-bond acceptors (Lipinski definition) is 6. The molecule has 168 valence electrons. The van der Waals surface area contributed by atoms with Gasteiger partial charge in [-0.25, -0.2) is 9.97 Å². The van der Waals surface area contributed by atoms with E-state index in [0.29, 0.717) is 17.2 Å². The number of hydrogen-bond donors (Lipinski definition) is 0. The minimum atomic E-state index is 0.551. The molecule has 0 aliphatic rings. The molecule has 0 N–H and O–H groups in total. The fraction of sp³-hybridized carbons (Fsp3) is 0.280. The third-order valence-electron chi connectivity index (χ3n) is 4.83. The van der Waals surface area contributed by atoms with E-state index in [9.17, 15) is 0 Å². The fourth-order valence-corrected chi connectivity index (χ4v) is 4.17. The summed E-state index contributed by atoms with van der Waals surface area (Å²) in [5.74, 6) is 1.71. The van der Waals surface area contributed by atoms with E-state index in [-0.39, 0.29) is 0 Å². The molecule has 0 saturated carbocycles. The Hall–Kier alpha value is -3.19. The predicted octanol–water partition coefficient (Wildman–Crippen LogP) is 6.32. The molecule has 0 amide bonds. The van der Waals surface area contributed by atoms with Crippen LogP contribution in [0.5, 0.6) is 17.2 Å². The standard InChI is InChI=1S/C23H23N3O3S.C2H6/c1-14-6-8-17(9-7-14)30-26-13-15(2)21-23(26)24-12-18(25-21)16-10-19(27-3)22(29-5)20(11-16)28-4;1-2/h6-13H,1-5H3;1-2H3. The molecule has 2 aromatic carbocycles. The Bertz CT molecular complexity index is 1180. The maximum absolute atomic E-state index is 5.47. The number of rotatable bonds is 6. The van der Waals surface area contributed by atoms with Crippen molar-refractivity contribution < 1.29 is 14.2 Å². The van der Waals surface area contributed by atoms with Gasteiger partial charge in [-0.1, -0.05) is 31.5 Å². The number of methoxy groups -OCH3 is 3. The Kier molecular flexibility index (Phi) is 7.64. The Morgan fingerprint density at radius 2 is 1.50 bits per heavy atom. The van der Waals surface area contributed by atoms with Gasteiger partial charge in [0.25, 0.3) is 0 Å². The lowest BCUT2D eigenvalue weighted by molar-refractivity contribution is 0.324. The van der Waals surface area contributed by atoms with Crippen LogP contribution in [0.3, 0.4) is 0 Å². The first kappa shape index (κ1) is 23.5. The van der Waals surface area contributed by atoms with Crippen molar-refractivity contribution in [2.45, 2.75) is 32.6 Å². The van der Waals surface area contributed by atoms with Crippen molar-refractivity contribution in [3.8, 4) is 28.5 Å². The highest BCUT2D eigenvalue weighted by Crippen LogP contribution is 2.41. The van der Waals surface area contributed by atoms with Gasteiger partial charge in [0, 0.05) is 16.7 Å². The van der Waals surface area contributed by atoms with Crippen LogP contribution in [0.1, 0.15) is 25.0 Å². The van der Waals surface area contributed by atoms with Gasteiger partial charge in [0.2, 0.25) is 5.75 Å². The molecule has 7 heteroatoms. The molecule has 0 fully saturated rings. The van der Waals surface area contributed by atoms with Gasteiger partial charge >= 0.3 is 0 Å². The zero-order chi connectivity index (χ0) is 23.3. The van der Waals surface area contributed by atoms with Gasteiger partial charge < -0.3 is 14.2 Å². The summed E-state index contributed by atoms with van der Waals surface area (Å²) in [6, 6.07) is 12.2. The number of ether oxygens (including phenoxy) is 3. The molecule has 0 bridgehead atoms. The third kappa shape index (κ3) is 4.67. The van der Waals surface area contributed by atoms with Crippen LogP contribution in [0.25, 0.3) is 22.4 Å². The summed E-state index contributed by atoms with van der Waals surface area (Å²) < 4.78 is 18.4. The number of aryl methyl sites for hydroxylation is 2.